The fourth-order valence-corrected chi connectivity index (χ4v) is 2.19. The Bertz CT molecular complexity index is 760. The molecule has 1 atom stereocenters. The number of benzene rings is 2. The van der Waals surface area contributed by atoms with Gasteiger partial charge in [0.25, 0.3) is 0 Å². The van der Waals surface area contributed by atoms with E-state index in [2.05, 4.69) is 0 Å². The molecular weight excluding hydrogens is 326 g/mol. The summed E-state index contributed by atoms with van der Waals surface area (Å²) in [5.74, 6) is -1.81. The number of Topliss-reactive ketones (excluding diaryl/α,β-unsaturated/α-hetero) is 1. The average Bonchev–Trinajstić information content (AvgIpc) is 2.60. The van der Waals surface area contributed by atoms with Gasteiger partial charge in [-0.3, -0.25) is 4.79 Å². The highest BCUT2D eigenvalue weighted by atomic mass is 16.5. The molecule has 0 aliphatic heterocycles. The van der Waals surface area contributed by atoms with E-state index in [9.17, 15) is 24.9 Å². The largest absolute Gasteiger partial charge is 0.544 e. The SMILES string of the molecule is CC([NH2+]Cc1c(O)ccc(C(=O)COc2ccccc2)c1O)C(=O)[O-]. The summed E-state index contributed by atoms with van der Waals surface area (Å²) in [6.45, 7) is 1.13. The molecule has 0 amide bonds. The molecule has 0 heterocycles. The third-order valence-corrected chi connectivity index (χ3v) is 3.72. The number of ketones is 1. The minimum Gasteiger partial charge on any atom is -0.544 e. The lowest BCUT2D eigenvalue weighted by molar-refractivity contribution is -0.695. The molecule has 132 valence electrons. The number of nitrogens with two attached hydrogens (primary N) is 1. The van der Waals surface area contributed by atoms with Gasteiger partial charge in [-0.1, -0.05) is 18.2 Å². The van der Waals surface area contributed by atoms with Gasteiger partial charge in [-0.2, -0.15) is 0 Å². The molecule has 0 bridgehead atoms. The van der Waals surface area contributed by atoms with Crippen LogP contribution < -0.4 is 15.2 Å². The van der Waals surface area contributed by atoms with Gasteiger partial charge in [-0.25, -0.2) is 0 Å². The standard InChI is InChI=1S/C18H19NO6/c1-11(18(23)24)19-9-14-15(20)8-7-13(17(14)22)16(21)10-25-12-5-3-2-4-6-12/h2-8,11,19-20,22H,9-10H2,1H3,(H,23,24). The average molecular weight is 345 g/mol. The predicted molar refractivity (Wildman–Crippen MR) is 86.1 cm³/mol. The van der Waals surface area contributed by atoms with Gasteiger partial charge in [-0.05, 0) is 31.2 Å². The highest BCUT2D eigenvalue weighted by molar-refractivity contribution is 6.00. The number of phenols is 2. The second kappa shape index (κ2) is 8.16. The summed E-state index contributed by atoms with van der Waals surface area (Å²) >= 11 is 0. The molecule has 0 aliphatic rings. The number of ether oxygens (including phenoxy) is 1. The number of carbonyl (C=O) groups is 2. The lowest BCUT2D eigenvalue weighted by atomic mass is 10.0. The Labute approximate surface area is 144 Å². The summed E-state index contributed by atoms with van der Waals surface area (Å²) < 4.78 is 5.36. The highest BCUT2D eigenvalue weighted by Gasteiger charge is 2.20. The van der Waals surface area contributed by atoms with Gasteiger partial charge in [0.1, 0.15) is 29.8 Å². The van der Waals surface area contributed by atoms with Crippen LogP contribution in [0.2, 0.25) is 0 Å². The van der Waals surface area contributed by atoms with Crippen LogP contribution in [-0.2, 0) is 11.3 Å². The van der Waals surface area contributed by atoms with Crippen molar-refractivity contribution in [2.75, 3.05) is 6.61 Å². The van der Waals surface area contributed by atoms with Gasteiger partial charge in [0.05, 0.1) is 17.1 Å². The minimum absolute atomic E-state index is 0.00164. The smallest absolute Gasteiger partial charge is 0.203 e. The van der Waals surface area contributed by atoms with Crippen molar-refractivity contribution in [1.82, 2.24) is 0 Å². The summed E-state index contributed by atoms with van der Waals surface area (Å²) in [7, 11) is 0. The normalized spacial score (nSPS) is 11.7. The summed E-state index contributed by atoms with van der Waals surface area (Å²) in [4.78, 5) is 23.0. The van der Waals surface area contributed by atoms with E-state index in [-0.39, 0.29) is 35.8 Å². The van der Waals surface area contributed by atoms with E-state index >= 15 is 0 Å². The van der Waals surface area contributed by atoms with Crippen LogP contribution in [-0.4, -0.2) is 34.6 Å². The van der Waals surface area contributed by atoms with Crippen molar-refractivity contribution < 1.29 is 35.0 Å². The van der Waals surface area contributed by atoms with Crippen LogP contribution in [0.15, 0.2) is 42.5 Å². The molecule has 0 radical (unpaired) electrons. The maximum atomic E-state index is 12.3. The Morgan fingerprint density at radius 1 is 1.16 bits per heavy atom. The maximum absolute atomic E-state index is 12.3. The van der Waals surface area contributed by atoms with Crippen molar-refractivity contribution in [2.24, 2.45) is 0 Å². The molecule has 0 saturated heterocycles. The van der Waals surface area contributed by atoms with E-state index in [0.717, 1.165) is 0 Å². The second-order valence-electron chi connectivity index (χ2n) is 5.53. The zero-order valence-corrected chi connectivity index (χ0v) is 13.6. The molecule has 25 heavy (non-hydrogen) atoms. The Morgan fingerprint density at radius 3 is 2.48 bits per heavy atom. The van der Waals surface area contributed by atoms with Crippen molar-refractivity contribution >= 4 is 11.8 Å². The molecule has 7 nitrogen and oxygen atoms in total. The number of carbonyl (C=O) groups excluding carboxylic acids is 2. The quantitative estimate of drug-likeness (QED) is 0.557. The number of hydrogen-bond acceptors (Lipinski definition) is 6. The number of carboxylic acid groups (broad SMARTS) is 1. The van der Waals surface area contributed by atoms with E-state index < -0.39 is 17.8 Å². The van der Waals surface area contributed by atoms with Crippen LogP contribution in [0.3, 0.4) is 0 Å². The third kappa shape index (κ3) is 4.71. The summed E-state index contributed by atoms with van der Waals surface area (Å²) in [5.41, 5.74) is 0.0805. The molecular formula is C18H19NO6. The molecule has 0 fully saturated rings. The molecule has 1 unspecified atom stereocenters. The fraction of sp³-hybridized carbons (Fsp3) is 0.222. The van der Waals surface area contributed by atoms with Gasteiger partial charge in [0.15, 0.2) is 6.61 Å². The first-order valence-electron chi connectivity index (χ1n) is 7.69. The van der Waals surface area contributed by atoms with Crippen molar-refractivity contribution in [3.05, 3.63) is 53.6 Å². The topological polar surface area (TPSA) is 124 Å². The van der Waals surface area contributed by atoms with Crippen molar-refractivity contribution in [3.63, 3.8) is 0 Å². The Morgan fingerprint density at radius 2 is 1.84 bits per heavy atom. The zero-order valence-electron chi connectivity index (χ0n) is 13.6. The zero-order chi connectivity index (χ0) is 18.4. The number of aromatic hydroxyl groups is 2. The summed E-state index contributed by atoms with van der Waals surface area (Å²) in [6, 6.07) is 10.5. The Kier molecular flexibility index (Phi) is 5.97. The molecule has 2 rings (SSSR count). The maximum Gasteiger partial charge on any atom is 0.203 e. The Balaban J connectivity index is 2.11. The first kappa shape index (κ1) is 18.3. The van der Waals surface area contributed by atoms with Crippen molar-refractivity contribution in [3.8, 4) is 17.2 Å². The molecule has 0 saturated carbocycles. The van der Waals surface area contributed by atoms with Crippen molar-refractivity contribution in [1.29, 1.82) is 0 Å². The molecule has 2 aromatic carbocycles. The van der Waals surface area contributed by atoms with Gasteiger partial charge in [0.2, 0.25) is 5.78 Å². The van der Waals surface area contributed by atoms with Crippen LogP contribution in [0.25, 0.3) is 0 Å². The van der Waals surface area contributed by atoms with Gasteiger partial charge in [0, 0.05) is 0 Å². The first-order valence-corrected chi connectivity index (χ1v) is 7.69. The highest BCUT2D eigenvalue weighted by Crippen LogP contribution is 2.30. The van der Waals surface area contributed by atoms with E-state index in [1.165, 1.54) is 24.4 Å². The fourth-order valence-electron chi connectivity index (χ4n) is 2.19. The van der Waals surface area contributed by atoms with E-state index in [0.29, 0.717) is 5.75 Å². The van der Waals surface area contributed by atoms with Gasteiger partial charge >= 0.3 is 0 Å². The Hall–Kier alpha value is -3.06. The summed E-state index contributed by atoms with van der Waals surface area (Å²) in [6.07, 6.45) is 0. The number of quaternary nitrogens is 1. The lowest BCUT2D eigenvalue weighted by Gasteiger charge is -2.14. The molecule has 4 N–H and O–H groups in total. The number of hydrogen-bond donors (Lipinski definition) is 3. The lowest BCUT2D eigenvalue weighted by Crippen LogP contribution is -2.90. The predicted octanol–water partition coefficient (Wildman–Crippen LogP) is -0.439. The second-order valence-corrected chi connectivity index (χ2v) is 5.53. The van der Waals surface area contributed by atoms with Crippen LogP contribution >= 0.6 is 0 Å². The minimum atomic E-state index is -1.26. The van der Waals surface area contributed by atoms with Crippen LogP contribution in [0.4, 0.5) is 0 Å². The number of aliphatic carboxylic acids is 1. The summed E-state index contributed by atoms with van der Waals surface area (Å²) in [5, 5.41) is 32.3. The monoisotopic (exact) mass is 345 g/mol. The number of rotatable bonds is 8. The molecule has 0 aromatic heterocycles. The molecule has 0 aliphatic carbocycles. The van der Waals surface area contributed by atoms with E-state index in [4.69, 9.17) is 4.74 Å². The van der Waals surface area contributed by atoms with E-state index in [1.807, 2.05) is 6.07 Å². The number of para-hydroxylation sites is 1. The van der Waals surface area contributed by atoms with Crippen LogP contribution in [0, 0.1) is 0 Å². The first-order chi connectivity index (χ1) is 11.9. The van der Waals surface area contributed by atoms with Crippen molar-refractivity contribution in [2.45, 2.75) is 19.5 Å². The third-order valence-electron chi connectivity index (χ3n) is 3.72. The molecule has 2 aromatic rings. The van der Waals surface area contributed by atoms with Crippen LogP contribution in [0.1, 0.15) is 22.8 Å². The number of carboxylic acids is 1. The van der Waals surface area contributed by atoms with E-state index in [1.54, 1.807) is 24.3 Å². The molecule has 0 spiro atoms. The molecule has 7 heteroatoms. The van der Waals surface area contributed by atoms with Crippen LogP contribution in [0.5, 0.6) is 17.2 Å². The number of phenolic OH excluding ortho intramolecular Hbond substituents is 2. The van der Waals surface area contributed by atoms with Gasteiger partial charge in [-0.15, -0.1) is 0 Å². The van der Waals surface area contributed by atoms with Gasteiger partial charge < -0.3 is 30.2 Å².